The van der Waals surface area contributed by atoms with Gasteiger partial charge in [0.1, 0.15) is 5.60 Å². The Morgan fingerprint density at radius 1 is 1.28 bits per heavy atom. The van der Waals surface area contributed by atoms with E-state index in [0.717, 1.165) is 0 Å². The second-order valence-electron chi connectivity index (χ2n) is 5.00. The number of likely N-dealkylation sites (N-methyl/N-ethyl adjacent to an activating group) is 1. The number of aromatic nitrogens is 1. The van der Waals surface area contributed by atoms with E-state index in [4.69, 9.17) is 4.74 Å². The Morgan fingerprint density at radius 3 is 2.33 bits per heavy atom. The van der Waals surface area contributed by atoms with Gasteiger partial charge < -0.3 is 9.64 Å². The summed E-state index contributed by atoms with van der Waals surface area (Å²) in [5, 5.41) is 0. The van der Waals surface area contributed by atoms with Gasteiger partial charge in [-0.1, -0.05) is 0 Å². The molecule has 0 saturated carbocycles. The normalized spacial score (nSPS) is 10.9. The molecule has 5 nitrogen and oxygen atoms in total. The summed E-state index contributed by atoms with van der Waals surface area (Å²) in [7, 11) is 1.53. The third-order valence-electron chi connectivity index (χ3n) is 2.09. The molecular weight excluding hydrogens is 232 g/mol. The fraction of sp³-hybridized carbons (Fsp3) is 0.462. The SMILES string of the molecule is CN(CC(=O)c1ccncc1)C(=O)OC(C)(C)C. The van der Waals surface area contributed by atoms with Crippen LogP contribution in [-0.2, 0) is 4.74 Å². The second kappa shape index (κ2) is 5.62. The van der Waals surface area contributed by atoms with E-state index in [9.17, 15) is 9.59 Å². The largest absolute Gasteiger partial charge is 0.444 e. The summed E-state index contributed by atoms with van der Waals surface area (Å²) in [5.74, 6) is -0.147. The van der Waals surface area contributed by atoms with Crippen LogP contribution >= 0.6 is 0 Å². The highest BCUT2D eigenvalue weighted by molar-refractivity contribution is 5.98. The first-order chi connectivity index (χ1) is 8.29. The van der Waals surface area contributed by atoms with Crippen molar-refractivity contribution in [3.63, 3.8) is 0 Å². The number of ether oxygens (including phenoxy) is 1. The number of ketones is 1. The van der Waals surface area contributed by atoms with E-state index >= 15 is 0 Å². The van der Waals surface area contributed by atoms with E-state index < -0.39 is 11.7 Å². The molecule has 0 bridgehead atoms. The lowest BCUT2D eigenvalue weighted by molar-refractivity contribution is 0.0295. The lowest BCUT2D eigenvalue weighted by Gasteiger charge is -2.24. The van der Waals surface area contributed by atoms with Crippen molar-refractivity contribution >= 4 is 11.9 Å². The van der Waals surface area contributed by atoms with Crippen molar-refractivity contribution in [1.29, 1.82) is 0 Å². The van der Waals surface area contributed by atoms with Gasteiger partial charge in [-0.05, 0) is 32.9 Å². The lowest BCUT2D eigenvalue weighted by Crippen LogP contribution is -2.37. The first-order valence-electron chi connectivity index (χ1n) is 5.67. The molecule has 0 atom stereocenters. The molecule has 0 saturated heterocycles. The minimum atomic E-state index is -0.564. The Hall–Kier alpha value is -1.91. The molecule has 5 heteroatoms. The smallest absolute Gasteiger partial charge is 0.410 e. The van der Waals surface area contributed by atoms with Crippen LogP contribution in [0.5, 0.6) is 0 Å². The highest BCUT2D eigenvalue weighted by Gasteiger charge is 2.21. The molecular formula is C13H18N2O3. The average Bonchev–Trinajstić information content (AvgIpc) is 2.27. The molecule has 0 aromatic carbocycles. The zero-order valence-electron chi connectivity index (χ0n) is 11.1. The third kappa shape index (κ3) is 4.53. The van der Waals surface area contributed by atoms with Gasteiger partial charge in [-0.3, -0.25) is 9.78 Å². The van der Waals surface area contributed by atoms with Gasteiger partial charge in [-0.15, -0.1) is 0 Å². The molecule has 18 heavy (non-hydrogen) atoms. The maximum Gasteiger partial charge on any atom is 0.410 e. The maximum atomic E-state index is 11.8. The number of rotatable bonds is 3. The molecule has 0 aliphatic heterocycles. The van der Waals surface area contributed by atoms with Crippen molar-refractivity contribution in [3.05, 3.63) is 30.1 Å². The van der Waals surface area contributed by atoms with Gasteiger partial charge in [0, 0.05) is 25.0 Å². The van der Waals surface area contributed by atoms with Gasteiger partial charge in [0.2, 0.25) is 0 Å². The maximum absolute atomic E-state index is 11.8. The Morgan fingerprint density at radius 2 is 1.83 bits per heavy atom. The predicted molar refractivity (Wildman–Crippen MR) is 67.4 cm³/mol. The van der Waals surface area contributed by atoms with Gasteiger partial charge >= 0.3 is 6.09 Å². The van der Waals surface area contributed by atoms with Crippen LogP contribution in [0.15, 0.2) is 24.5 Å². The fourth-order valence-corrected chi connectivity index (χ4v) is 1.25. The van der Waals surface area contributed by atoms with Gasteiger partial charge in [0.05, 0.1) is 6.54 Å². The van der Waals surface area contributed by atoms with E-state index in [1.54, 1.807) is 45.3 Å². The van der Waals surface area contributed by atoms with Crippen molar-refractivity contribution in [2.45, 2.75) is 26.4 Å². The summed E-state index contributed by atoms with van der Waals surface area (Å²) in [6, 6.07) is 3.23. The van der Waals surface area contributed by atoms with Crippen LogP contribution in [0.3, 0.4) is 0 Å². The number of amides is 1. The number of Topliss-reactive ketones (excluding diaryl/α,β-unsaturated/α-hetero) is 1. The molecule has 1 rings (SSSR count). The van der Waals surface area contributed by atoms with Gasteiger partial charge in [-0.2, -0.15) is 0 Å². The fourth-order valence-electron chi connectivity index (χ4n) is 1.25. The molecule has 0 N–H and O–H groups in total. The molecule has 1 aromatic rings. The van der Waals surface area contributed by atoms with E-state index in [1.165, 1.54) is 11.9 Å². The quantitative estimate of drug-likeness (QED) is 0.771. The number of hydrogen-bond donors (Lipinski definition) is 0. The Kier molecular flexibility index (Phi) is 4.42. The summed E-state index contributed by atoms with van der Waals surface area (Å²) < 4.78 is 5.16. The first kappa shape index (κ1) is 14.2. The molecule has 98 valence electrons. The number of pyridine rings is 1. The highest BCUT2D eigenvalue weighted by Crippen LogP contribution is 2.09. The van der Waals surface area contributed by atoms with Crippen LogP contribution < -0.4 is 0 Å². The first-order valence-corrected chi connectivity index (χ1v) is 5.67. The third-order valence-corrected chi connectivity index (χ3v) is 2.09. The number of nitrogens with zero attached hydrogens (tertiary/aromatic N) is 2. The van der Waals surface area contributed by atoms with Crippen molar-refractivity contribution in [3.8, 4) is 0 Å². The minimum absolute atomic E-state index is 0.0150. The molecule has 1 heterocycles. The number of carbonyl (C=O) groups excluding carboxylic acids is 2. The summed E-state index contributed by atoms with van der Waals surface area (Å²) >= 11 is 0. The van der Waals surface area contributed by atoms with Crippen LogP contribution in [-0.4, -0.2) is 41.0 Å². The summed E-state index contributed by atoms with van der Waals surface area (Å²) in [4.78, 5) is 28.6. The summed E-state index contributed by atoms with van der Waals surface area (Å²) in [6.07, 6.45) is 2.58. The predicted octanol–water partition coefficient (Wildman–Crippen LogP) is 2.13. The topological polar surface area (TPSA) is 59.5 Å². The second-order valence-corrected chi connectivity index (χ2v) is 5.00. The van der Waals surface area contributed by atoms with Crippen LogP contribution in [0.4, 0.5) is 4.79 Å². The molecule has 0 unspecified atom stereocenters. The summed E-state index contributed by atoms with van der Waals surface area (Å²) in [5.41, 5.74) is -0.0363. The van der Waals surface area contributed by atoms with E-state index in [2.05, 4.69) is 4.98 Å². The molecule has 0 fully saturated rings. The highest BCUT2D eigenvalue weighted by atomic mass is 16.6. The molecule has 0 radical (unpaired) electrons. The van der Waals surface area contributed by atoms with E-state index in [-0.39, 0.29) is 12.3 Å². The van der Waals surface area contributed by atoms with Crippen LogP contribution in [0.25, 0.3) is 0 Å². The van der Waals surface area contributed by atoms with Crippen molar-refractivity contribution < 1.29 is 14.3 Å². The zero-order valence-corrected chi connectivity index (χ0v) is 11.1. The minimum Gasteiger partial charge on any atom is -0.444 e. The molecule has 0 aliphatic rings. The van der Waals surface area contributed by atoms with Crippen LogP contribution in [0.2, 0.25) is 0 Å². The Bertz CT molecular complexity index is 424. The Labute approximate surface area is 107 Å². The monoisotopic (exact) mass is 250 g/mol. The summed E-state index contributed by atoms with van der Waals surface area (Å²) in [6.45, 7) is 5.33. The average molecular weight is 250 g/mol. The van der Waals surface area contributed by atoms with Crippen molar-refractivity contribution in [2.75, 3.05) is 13.6 Å². The molecule has 0 spiro atoms. The van der Waals surface area contributed by atoms with Crippen molar-refractivity contribution in [2.24, 2.45) is 0 Å². The molecule has 1 aromatic heterocycles. The zero-order chi connectivity index (χ0) is 13.8. The van der Waals surface area contributed by atoms with Crippen LogP contribution in [0.1, 0.15) is 31.1 Å². The van der Waals surface area contributed by atoms with Gasteiger partial charge in [0.15, 0.2) is 5.78 Å². The van der Waals surface area contributed by atoms with Crippen molar-refractivity contribution in [1.82, 2.24) is 9.88 Å². The lowest BCUT2D eigenvalue weighted by atomic mass is 10.2. The van der Waals surface area contributed by atoms with Crippen LogP contribution in [0, 0.1) is 0 Å². The van der Waals surface area contributed by atoms with E-state index in [1.807, 2.05) is 0 Å². The standard InChI is InChI=1S/C13H18N2O3/c1-13(2,3)18-12(17)15(4)9-11(16)10-5-7-14-8-6-10/h5-8H,9H2,1-4H3. The van der Waals surface area contributed by atoms with Gasteiger partial charge in [-0.25, -0.2) is 4.79 Å². The molecule has 1 amide bonds. The number of carbonyl (C=O) groups is 2. The Balaban J connectivity index is 2.58. The molecule has 0 aliphatic carbocycles. The van der Waals surface area contributed by atoms with E-state index in [0.29, 0.717) is 5.56 Å². The van der Waals surface area contributed by atoms with Gasteiger partial charge in [0.25, 0.3) is 0 Å². The number of hydrogen-bond acceptors (Lipinski definition) is 4.